The predicted octanol–water partition coefficient (Wildman–Crippen LogP) is 3.04. The van der Waals surface area contributed by atoms with Crippen molar-refractivity contribution in [2.24, 2.45) is 5.41 Å². The van der Waals surface area contributed by atoms with Gasteiger partial charge in [0.25, 0.3) is 0 Å². The van der Waals surface area contributed by atoms with Crippen LogP contribution in [0.2, 0.25) is 0 Å². The van der Waals surface area contributed by atoms with Crippen LogP contribution < -0.4 is 10.6 Å². The first-order valence-corrected chi connectivity index (χ1v) is 7.69. The van der Waals surface area contributed by atoms with E-state index in [-0.39, 0.29) is 5.41 Å². The Morgan fingerprint density at radius 3 is 2.43 bits per heavy atom. The maximum absolute atomic E-state index is 5.21. The number of hydrogen-bond acceptors (Lipinski definition) is 5. The van der Waals surface area contributed by atoms with Crippen LogP contribution in [-0.4, -0.2) is 37.3 Å². The molecule has 21 heavy (non-hydrogen) atoms. The van der Waals surface area contributed by atoms with E-state index in [0.717, 1.165) is 37.0 Å². The number of hydrogen-bond donors (Lipinski definition) is 2. The quantitative estimate of drug-likeness (QED) is 0.809. The van der Waals surface area contributed by atoms with Crippen molar-refractivity contribution < 1.29 is 4.74 Å². The summed E-state index contributed by atoms with van der Waals surface area (Å²) in [6, 6.07) is 1.97. The summed E-state index contributed by atoms with van der Waals surface area (Å²) in [4.78, 5) is 9.22. The van der Waals surface area contributed by atoms with E-state index in [1.807, 2.05) is 13.1 Å². The molecule has 0 bridgehead atoms. The predicted molar refractivity (Wildman–Crippen MR) is 86.9 cm³/mol. The molecule has 1 saturated carbocycles. The molecule has 1 fully saturated rings. The third-order valence-electron chi connectivity index (χ3n) is 4.09. The van der Waals surface area contributed by atoms with Crippen LogP contribution in [0.15, 0.2) is 6.07 Å². The van der Waals surface area contributed by atoms with E-state index in [2.05, 4.69) is 41.4 Å². The summed E-state index contributed by atoms with van der Waals surface area (Å²) >= 11 is 0. The Hall–Kier alpha value is -1.36. The van der Waals surface area contributed by atoms with Crippen molar-refractivity contribution in [2.45, 2.75) is 45.4 Å². The average molecular weight is 292 g/mol. The Labute approximate surface area is 127 Å². The zero-order chi connectivity index (χ0) is 15.5. The van der Waals surface area contributed by atoms with E-state index in [1.165, 1.54) is 12.8 Å². The van der Waals surface area contributed by atoms with E-state index in [0.29, 0.717) is 5.41 Å². The molecule has 2 rings (SSSR count). The van der Waals surface area contributed by atoms with Crippen LogP contribution >= 0.6 is 0 Å². The van der Waals surface area contributed by atoms with Crippen LogP contribution in [0.4, 0.5) is 11.6 Å². The van der Waals surface area contributed by atoms with Crippen LogP contribution in [0.25, 0.3) is 0 Å². The zero-order valence-electron chi connectivity index (χ0n) is 13.9. The van der Waals surface area contributed by atoms with Crippen molar-refractivity contribution in [1.29, 1.82) is 0 Å². The second-order valence-electron chi connectivity index (χ2n) is 7.06. The summed E-state index contributed by atoms with van der Waals surface area (Å²) in [5.41, 5.74) is 0.346. The number of methoxy groups -OCH3 is 1. The summed E-state index contributed by atoms with van der Waals surface area (Å²) in [7, 11) is 3.66. The lowest BCUT2D eigenvalue weighted by Crippen LogP contribution is -2.21. The summed E-state index contributed by atoms with van der Waals surface area (Å²) in [6.07, 6.45) is 3.67. The van der Waals surface area contributed by atoms with E-state index < -0.39 is 0 Å². The van der Waals surface area contributed by atoms with E-state index in [1.54, 1.807) is 7.11 Å². The average Bonchev–Trinajstić information content (AvgIpc) is 3.22. The maximum atomic E-state index is 5.21. The van der Waals surface area contributed by atoms with Gasteiger partial charge in [0.05, 0.1) is 0 Å². The largest absolute Gasteiger partial charge is 0.385 e. The number of aromatic nitrogens is 2. The topological polar surface area (TPSA) is 59.1 Å². The lowest BCUT2D eigenvalue weighted by molar-refractivity contribution is 0.175. The van der Waals surface area contributed by atoms with Gasteiger partial charge in [-0.05, 0) is 24.7 Å². The minimum Gasteiger partial charge on any atom is -0.385 e. The molecule has 1 aliphatic rings. The molecule has 118 valence electrons. The molecular weight excluding hydrogens is 264 g/mol. The molecule has 1 aromatic heterocycles. The van der Waals surface area contributed by atoms with Crippen LogP contribution in [0.3, 0.4) is 0 Å². The highest BCUT2D eigenvalue weighted by Gasteiger charge is 2.41. The fourth-order valence-corrected chi connectivity index (χ4v) is 2.29. The summed E-state index contributed by atoms with van der Waals surface area (Å²) < 4.78 is 5.21. The Kier molecular flexibility index (Phi) is 4.71. The van der Waals surface area contributed by atoms with E-state index in [4.69, 9.17) is 4.74 Å². The molecule has 0 aliphatic heterocycles. The molecule has 0 unspecified atom stereocenters. The minimum absolute atomic E-state index is 0.0589. The Balaban J connectivity index is 2.06. The second kappa shape index (κ2) is 6.18. The molecule has 1 aromatic rings. The molecule has 5 heteroatoms. The normalized spacial score (nSPS) is 16.6. The number of anilines is 2. The molecule has 0 amide bonds. The van der Waals surface area contributed by atoms with Crippen molar-refractivity contribution >= 4 is 11.6 Å². The van der Waals surface area contributed by atoms with E-state index >= 15 is 0 Å². The SMILES string of the molecule is CNc1cc(NCC2(CCOC)CC2)nc(C(C)(C)C)n1. The Bertz CT molecular complexity index is 478. The second-order valence-corrected chi connectivity index (χ2v) is 7.06. The smallest absolute Gasteiger partial charge is 0.138 e. The zero-order valence-corrected chi connectivity index (χ0v) is 13.9. The third kappa shape index (κ3) is 4.30. The van der Waals surface area contributed by atoms with Gasteiger partial charge in [-0.1, -0.05) is 20.8 Å². The monoisotopic (exact) mass is 292 g/mol. The molecule has 1 aliphatic carbocycles. The molecule has 0 atom stereocenters. The number of rotatable bonds is 7. The van der Waals surface area contributed by atoms with Gasteiger partial charge in [0.2, 0.25) is 0 Å². The number of ether oxygens (including phenoxy) is 1. The van der Waals surface area contributed by atoms with Gasteiger partial charge >= 0.3 is 0 Å². The fourth-order valence-electron chi connectivity index (χ4n) is 2.29. The molecule has 0 aromatic carbocycles. The van der Waals surface area contributed by atoms with Crippen LogP contribution in [0.5, 0.6) is 0 Å². The first-order valence-electron chi connectivity index (χ1n) is 7.69. The number of nitrogens with zero attached hydrogens (tertiary/aromatic N) is 2. The maximum Gasteiger partial charge on any atom is 0.138 e. The van der Waals surface area contributed by atoms with Gasteiger partial charge in [-0.3, -0.25) is 0 Å². The lowest BCUT2D eigenvalue weighted by atomic mass is 9.96. The van der Waals surface area contributed by atoms with E-state index in [9.17, 15) is 0 Å². The highest BCUT2D eigenvalue weighted by atomic mass is 16.5. The third-order valence-corrected chi connectivity index (χ3v) is 4.09. The molecular formula is C16H28N4O. The molecule has 2 N–H and O–H groups in total. The lowest BCUT2D eigenvalue weighted by Gasteiger charge is -2.20. The van der Waals surface area contributed by atoms with Crippen molar-refractivity contribution in [3.8, 4) is 0 Å². The molecule has 5 nitrogen and oxygen atoms in total. The molecule has 1 heterocycles. The van der Waals surface area contributed by atoms with Crippen molar-refractivity contribution in [3.63, 3.8) is 0 Å². The van der Waals surface area contributed by atoms with Crippen LogP contribution in [0.1, 0.15) is 45.9 Å². The van der Waals surface area contributed by atoms with Gasteiger partial charge in [-0.15, -0.1) is 0 Å². The Morgan fingerprint density at radius 2 is 1.90 bits per heavy atom. The van der Waals surface area contributed by atoms with Gasteiger partial charge in [0, 0.05) is 38.8 Å². The summed E-state index contributed by atoms with van der Waals surface area (Å²) in [5, 5.41) is 6.61. The van der Waals surface area contributed by atoms with Crippen molar-refractivity contribution in [2.75, 3.05) is 37.9 Å². The summed E-state index contributed by atoms with van der Waals surface area (Å²) in [5.74, 6) is 2.63. The van der Waals surface area contributed by atoms with Gasteiger partial charge < -0.3 is 15.4 Å². The van der Waals surface area contributed by atoms with Gasteiger partial charge in [0.15, 0.2) is 0 Å². The first kappa shape index (κ1) is 16.0. The highest BCUT2D eigenvalue weighted by molar-refractivity contribution is 5.48. The van der Waals surface area contributed by atoms with Gasteiger partial charge in [0.1, 0.15) is 17.5 Å². The fraction of sp³-hybridized carbons (Fsp3) is 0.750. The molecule has 0 spiro atoms. The van der Waals surface area contributed by atoms with Crippen LogP contribution in [-0.2, 0) is 10.2 Å². The Morgan fingerprint density at radius 1 is 1.24 bits per heavy atom. The van der Waals surface area contributed by atoms with Gasteiger partial charge in [-0.2, -0.15) is 0 Å². The minimum atomic E-state index is -0.0589. The standard InChI is InChI=1S/C16H28N4O/c1-15(2,3)14-19-12(17-4)10-13(20-14)18-11-16(6-7-16)8-9-21-5/h10H,6-9,11H2,1-5H3,(H2,17,18,19,20). The number of nitrogens with one attached hydrogen (secondary N) is 2. The van der Waals surface area contributed by atoms with Crippen molar-refractivity contribution in [1.82, 2.24) is 9.97 Å². The summed E-state index contributed by atoms with van der Waals surface area (Å²) in [6.45, 7) is 8.19. The highest BCUT2D eigenvalue weighted by Crippen LogP contribution is 2.48. The first-order chi connectivity index (χ1) is 9.88. The molecule has 0 radical (unpaired) electrons. The van der Waals surface area contributed by atoms with Crippen LogP contribution in [0, 0.1) is 5.41 Å². The van der Waals surface area contributed by atoms with Gasteiger partial charge in [-0.25, -0.2) is 9.97 Å². The van der Waals surface area contributed by atoms with Crippen molar-refractivity contribution in [3.05, 3.63) is 11.9 Å². The molecule has 0 saturated heterocycles.